The number of benzene rings is 2. The fourth-order valence-electron chi connectivity index (χ4n) is 2.10. The van der Waals surface area contributed by atoms with Crippen molar-refractivity contribution in [3.63, 3.8) is 0 Å². The maximum absolute atomic E-state index is 5.27. The highest BCUT2D eigenvalue weighted by atomic mass is 16.5. The molecule has 0 saturated carbocycles. The lowest BCUT2D eigenvalue weighted by Crippen LogP contribution is -2.29. The van der Waals surface area contributed by atoms with Gasteiger partial charge in [-0.05, 0) is 28.5 Å². The Morgan fingerprint density at radius 2 is 1.94 bits per heavy atom. The molecule has 2 nitrogen and oxygen atoms in total. The van der Waals surface area contributed by atoms with Crippen molar-refractivity contribution in [2.75, 3.05) is 7.11 Å². The summed E-state index contributed by atoms with van der Waals surface area (Å²) in [5.41, 5.74) is 2.09. The number of dihydropyridines is 1. The Kier molecular flexibility index (Phi) is 2.87. The molecule has 1 heterocycles. The molecule has 1 aliphatic heterocycles. The van der Waals surface area contributed by atoms with Crippen LogP contribution in [0.4, 0.5) is 0 Å². The van der Waals surface area contributed by atoms with Gasteiger partial charge in [-0.15, -0.1) is 0 Å². The van der Waals surface area contributed by atoms with Crippen LogP contribution < -0.4 is 5.32 Å². The zero-order chi connectivity index (χ0) is 12.4. The Hall–Kier alpha value is -2.06. The minimum absolute atomic E-state index is 0.0762. The smallest absolute Gasteiger partial charge is 0.146 e. The average molecular weight is 236 g/mol. The molecular formula is C16H14NO. The number of rotatable bonds is 2. The summed E-state index contributed by atoms with van der Waals surface area (Å²) in [7, 11) is 1.69. The van der Waals surface area contributed by atoms with E-state index in [-0.39, 0.29) is 6.23 Å². The van der Waals surface area contributed by atoms with Crippen LogP contribution in [-0.2, 0) is 4.74 Å². The van der Waals surface area contributed by atoms with Gasteiger partial charge in [0.15, 0.2) is 0 Å². The molecule has 18 heavy (non-hydrogen) atoms. The molecule has 2 heteroatoms. The van der Waals surface area contributed by atoms with E-state index in [1.165, 1.54) is 10.8 Å². The van der Waals surface area contributed by atoms with E-state index < -0.39 is 0 Å². The Morgan fingerprint density at radius 3 is 2.78 bits per heavy atom. The first-order valence-corrected chi connectivity index (χ1v) is 5.95. The first kappa shape index (κ1) is 11.1. The van der Waals surface area contributed by atoms with Crippen molar-refractivity contribution in [1.82, 2.24) is 5.32 Å². The predicted molar refractivity (Wildman–Crippen MR) is 73.7 cm³/mol. The number of hydrogen-bond donors (Lipinski definition) is 1. The molecule has 0 spiro atoms. The molecule has 2 aromatic carbocycles. The summed E-state index contributed by atoms with van der Waals surface area (Å²) in [4.78, 5) is 0. The van der Waals surface area contributed by atoms with Crippen LogP contribution in [-0.4, -0.2) is 13.3 Å². The number of ether oxygens (including phenoxy) is 1. The molecule has 1 unspecified atom stereocenters. The van der Waals surface area contributed by atoms with Gasteiger partial charge in [-0.3, -0.25) is 0 Å². The Labute approximate surface area is 107 Å². The van der Waals surface area contributed by atoms with Crippen molar-refractivity contribution < 1.29 is 4.74 Å². The standard InChI is InChI=1S/C16H14NO/c1-18-16-8-4-7-15(17-16)14-10-9-12-5-2-3-6-13(12)11-14/h2-6,8-11,16-17H,1H3. The summed E-state index contributed by atoms with van der Waals surface area (Å²) >= 11 is 0. The third-order valence-electron chi connectivity index (χ3n) is 3.08. The highest BCUT2D eigenvalue weighted by molar-refractivity contribution is 5.86. The normalized spacial score (nSPS) is 18.5. The van der Waals surface area contributed by atoms with Gasteiger partial charge in [0.1, 0.15) is 6.23 Å². The maximum Gasteiger partial charge on any atom is 0.146 e. The first-order chi connectivity index (χ1) is 8.86. The molecule has 2 aromatic rings. The summed E-state index contributed by atoms with van der Waals surface area (Å²) < 4.78 is 5.27. The van der Waals surface area contributed by atoms with Crippen LogP contribution in [0.15, 0.2) is 54.6 Å². The predicted octanol–water partition coefficient (Wildman–Crippen LogP) is 3.12. The van der Waals surface area contributed by atoms with Crippen LogP contribution >= 0.6 is 0 Å². The van der Waals surface area contributed by atoms with Gasteiger partial charge in [0.25, 0.3) is 0 Å². The maximum atomic E-state index is 5.27. The quantitative estimate of drug-likeness (QED) is 0.865. The first-order valence-electron chi connectivity index (χ1n) is 5.95. The molecule has 3 rings (SSSR count). The molecule has 0 bridgehead atoms. The summed E-state index contributed by atoms with van der Waals surface area (Å²) in [5.74, 6) is 0. The molecular weight excluding hydrogens is 222 g/mol. The molecule has 0 amide bonds. The van der Waals surface area contributed by atoms with E-state index in [2.05, 4.69) is 53.9 Å². The molecule has 0 aliphatic carbocycles. The van der Waals surface area contributed by atoms with Gasteiger partial charge in [0.05, 0.1) is 5.70 Å². The highest BCUT2D eigenvalue weighted by Gasteiger charge is 2.10. The average Bonchev–Trinajstić information content (AvgIpc) is 2.47. The van der Waals surface area contributed by atoms with Gasteiger partial charge < -0.3 is 10.1 Å². The van der Waals surface area contributed by atoms with Crippen LogP contribution in [0, 0.1) is 6.08 Å². The third kappa shape index (κ3) is 2.03. The lowest BCUT2D eigenvalue weighted by atomic mass is 10.0. The number of fused-ring (bicyclic) bond motifs is 1. The second-order valence-corrected chi connectivity index (χ2v) is 4.24. The number of hydrogen-bond acceptors (Lipinski definition) is 2. The number of allylic oxidation sites excluding steroid dienone is 2. The second kappa shape index (κ2) is 4.67. The minimum atomic E-state index is -0.0762. The zero-order valence-corrected chi connectivity index (χ0v) is 10.2. The Balaban J connectivity index is 1.99. The molecule has 1 aliphatic rings. The highest BCUT2D eigenvalue weighted by Crippen LogP contribution is 2.21. The van der Waals surface area contributed by atoms with E-state index in [4.69, 9.17) is 4.74 Å². The van der Waals surface area contributed by atoms with Crippen molar-refractivity contribution >= 4 is 16.5 Å². The molecule has 0 aromatic heterocycles. The lowest BCUT2D eigenvalue weighted by molar-refractivity contribution is 0.126. The molecule has 1 radical (unpaired) electrons. The van der Waals surface area contributed by atoms with Crippen LogP contribution in [0.2, 0.25) is 0 Å². The van der Waals surface area contributed by atoms with E-state index in [1.54, 1.807) is 7.11 Å². The number of methoxy groups -OCH3 is 1. The van der Waals surface area contributed by atoms with E-state index >= 15 is 0 Å². The van der Waals surface area contributed by atoms with E-state index in [9.17, 15) is 0 Å². The van der Waals surface area contributed by atoms with E-state index in [0.717, 1.165) is 11.3 Å². The monoisotopic (exact) mass is 236 g/mol. The van der Waals surface area contributed by atoms with Crippen LogP contribution in [0.1, 0.15) is 5.56 Å². The lowest BCUT2D eigenvalue weighted by Gasteiger charge is -2.20. The van der Waals surface area contributed by atoms with Gasteiger partial charge in [-0.2, -0.15) is 0 Å². The summed E-state index contributed by atoms with van der Waals surface area (Å²) in [6.07, 6.45) is 6.97. The van der Waals surface area contributed by atoms with Gasteiger partial charge in [-0.25, -0.2) is 0 Å². The van der Waals surface area contributed by atoms with Crippen LogP contribution in [0.3, 0.4) is 0 Å². The Morgan fingerprint density at radius 1 is 1.11 bits per heavy atom. The second-order valence-electron chi connectivity index (χ2n) is 4.24. The molecule has 0 saturated heterocycles. The van der Waals surface area contributed by atoms with E-state index in [0.29, 0.717) is 0 Å². The molecule has 1 atom stereocenters. The summed E-state index contributed by atoms with van der Waals surface area (Å²) in [6.45, 7) is 0. The summed E-state index contributed by atoms with van der Waals surface area (Å²) in [5, 5.41) is 5.76. The van der Waals surface area contributed by atoms with Crippen LogP contribution in [0.5, 0.6) is 0 Å². The van der Waals surface area contributed by atoms with Crippen molar-refractivity contribution in [3.05, 3.63) is 66.3 Å². The summed E-state index contributed by atoms with van der Waals surface area (Å²) in [6, 6.07) is 14.7. The van der Waals surface area contributed by atoms with Gasteiger partial charge >= 0.3 is 0 Å². The van der Waals surface area contributed by atoms with Crippen molar-refractivity contribution in [2.45, 2.75) is 6.23 Å². The zero-order valence-electron chi connectivity index (χ0n) is 10.2. The van der Waals surface area contributed by atoms with Crippen molar-refractivity contribution in [3.8, 4) is 0 Å². The fraction of sp³-hybridized carbons (Fsp3) is 0.125. The van der Waals surface area contributed by atoms with Gasteiger partial charge in [0, 0.05) is 13.2 Å². The fourth-order valence-corrected chi connectivity index (χ4v) is 2.10. The number of nitrogens with one attached hydrogen (secondary N) is 1. The van der Waals surface area contributed by atoms with E-state index in [1.807, 2.05) is 12.2 Å². The Bertz CT molecular complexity index is 628. The van der Waals surface area contributed by atoms with Gasteiger partial charge in [0.2, 0.25) is 0 Å². The topological polar surface area (TPSA) is 21.3 Å². The third-order valence-corrected chi connectivity index (χ3v) is 3.08. The van der Waals surface area contributed by atoms with Crippen LogP contribution in [0.25, 0.3) is 16.5 Å². The molecule has 1 N–H and O–H groups in total. The molecule has 89 valence electrons. The molecule has 0 fully saturated rings. The largest absolute Gasteiger partial charge is 0.358 e. The minimum Gasteiger partial charge on any atom is -0.358 e. The SMILES string of the molecule is COC1C=C[C]=C(c2ccc3ccccc3c2)N1. The van der Waals surface area contributed by atoms with Gasteiger partial charge in [-0.1, -0.05) is 42.5 Å². The van der Waals surface area contributed by atoms with Crippen molar-refractivity contribution in [2.24, 2.45) is 0 Å². The van der Waals surface area contributed by atoms with Crippen molar-refractivity contribution in [1.29, 1.82) is 0 Å².